The number of ether oxygens (including phenoxy) is 1. The molecule has 0 aliphatic carbocycles. The number of hydrogen-bond acceptors (Lipinski definition) is 8. The van der Waals surface area contributed by atoms with Crippen molar-refractivity contribution in [1.82, 2.24) is 14.8 Å². The molecule has 0 spiro atoms. The summed E-state index contributed by atoms with van der Waals surface area (Å²) in [6, 6.07) is 3.41. The van der Waals surface area contributed by atoms with Gasteiger partial charge < -0.3 is 15.0 Å². The monoisotopic (exact) mass is 430 g/mol. The molecule has 11 nitrogen and oxygen atoms in total. The third kappa shape index (κ3) is 5.20. The number of nitriles is 1. The summed E-state index contributed by atoms with van der Waals surface area (Å²) in [4.78, 5) is 43.3. The third-order valence-corrected chi connectivity index (χ3v) is 5.21. The van der Waals surface area contributed by atoms with E-state index in [1.54, 1.807) is 20.8 Å². The molecular formula is C20H26N6O5. The average molecular weight is 430 g/mol. The van der Waals surface area contributed by atoms with Crippen molar-refractivity contribution >= 4 is 23.5 Å². The Labute approximate surface area is 180 Å². The van der Waals surface area contributed by atoms with Crippen molar-refractivity contribution in [2.45, 2.75) is 63.8 Å². The molecule has 31 heavy (non-hydrogen) atoms. The van der Waals surface area contributed by atoms with Gasteiger partial charge in [-0.1, -0.05) is 0 Å². The van der Waals surface area contributed by atoms with Crippen LogP contribution in [0.4, 0.5) is 16.3 Å². The van der Waals surface area contributed by atoms with Gasteiger partial charge in [-0.05, 0) is 46.1 Å². The number of nitro groups is 1. The molecule has 11 heteroatoms. The molecule has 2 amide bonds. The number of pyridine rings is 1. The van der Waals surface area contributed by atoms with Crippen LogP contribution in [0.25, 0.3) is 0 Å². The maximum Gasteiger partial charge on any atom is 0.411 e. The van der Waals surface area contributed by atoms with Gasteiger partial charge in [0, 0.05) is 25.2 Å². The number of nitrogens with zero attached hydrogens (tertiary/aromatic N) is 5. The number of nitrogens with one attached hydrogen (secondary N) is 1. The lowest BCUT2D eigenvalue weighted by Gasteiger charge is -2.30. The fourth-order valence-corrected chi connectivity index (χ4v) is 3.84. The molecular weight excluding hydrogens is 404 g/mol. The van der Waals surface area contributed by atoms with Gasteiger partial charge in [-0.15, -0.1) is 0 Å². The minimum Gasteiger partial charge on any atom is -0.444 e. The molecule has 0 bridgehead atoms. The average Bonchev–Trinajstić information content (AvgIpc) is 3.33. The lowest BCUT2D eigenvalue weighted by atomic mass is 10.1. The Balaban J connectivity index is 1.77. The second-order valence-corrected chi connectivity index (χ2v) is 8.70. The second kappa shape index (κ2) is 8.75. The number of carbonyl (C=O) groups excluding carboxylic acids is 2. The van der Waals surface area contributed by atoms with Gasteiger partial charge >= 0.3 is 6.09 Å². The SMILES string of the molecule is CC(C)(C)OC(=O)N1C[C@@H](Nc2ccc([N+](=O)[O-])cn2)C[C@H]1C(=O)N1CCC[C@H]1C#N. The van der Waals surface area contributed by atoms with Crippen molar-refractivity contribution in [3.63, 3.8) is 0 Å². The zero-order valence-corrected chi connectivity index (χ0v) is 17.8. The zero-order valence-electron chi connectivity index (χ0n) is 17.8. The second-order valence-electron chi connectivity index (χ2n) is 8.70. The van der Waals surface area contributed by atoms with E-state index in [1.165, 1.54) is 21.9 Å². The topological polar surface area (TPSA) is 142 Å². The maximum absolute atomic E-state index is 13.2. The first-order valence-electron chi connectivity index (χ1n) is 10.2. The number of likely N-dealkylation sites (tertiary alicyclic amines) is 2. The predicted molar refractivity (Wildman–Crippen MR) is 110 cm³/mol. The Morgan fingerprint density at radius 2 is 2.10 bits per heavy atom. The van der Waals surface area contributed by atoms with E-state index in [0.29, 0.717) is 25.2 Å². The van der Waals surface area contributed by atoms with Crippen LogP contribution < -0.4 is 5.32 Å². The standard InChI is InChI=1S/C20H26N6O5/c1-20(2,3)31-19(28)25-12-13(23-17-7-6-15(11-22-17)26(29)30)9-16(25)18(27)24-8-4-5-14(24)10-21/h6-7,11,13-14,16H,4-5,8-9,12H2,1-3H3,(H,22,23)/t13-,14-,16-/m0/s1. The molecule has 2 fully saturated rings. The van der Waals surface area contributed by atoms with Crippen LogP contribution in [-0.4, -0.2) is 68.5 Å². The molecule has 2 aliphatic rings. The summed E-state index contributed by atoms with van der Waals surface area (Å²) in [5.41, 5.74) is -0.851. The molecule has 0 radical (unpaired) electrons. The Hall–Kier alpha value is -3.42. The third-order valence-electron chi connectivity index (χ3n) is 5.21. The summed E-state index contributed by atoms with van der Waals surface area (Å²) < 4.78 is 5.49. The molecule has 0 saturated carbocycles. The molecule has 166 valence electrons. The van der Waals surface area contributed by atoms with Crippen LogP contribution in [-0.2, 0) is 9.53 Å². The highest BCUT2D eigenvalue weighted by atomic mass is 16.6. The van der Waals surface area contributed by atoms with Gasteiger partial charge in [0.2, 0.25) is 5.91 Å². The number of hydrogen-bond donors (Lipinski definition) is 1. The first-order valence-corrected chi connectivity index (χ1v) is 10.2. The van der Waals surface area contributed by atoms with Crippen LogP contribution in [0.15, 0.2) is 18.3 Å². The van der Waals surface area contributed by atoms with E-state index in [4.69, 9.17) is 4.74 Å². The maximum atomic E-state index is 13.2. The summed E-state index contributed by atoms with van der Waals surface area (Å²) in [5.74, 6) is 0.139. The fourth-order valence-electron chi connectivity index (χ4n) is 3.84. The minimum absolute atomic E-state index is 0.128. The summed E-state index contributed by atoms with van der Waals surface area (Å²) in [7, 11) is 0. The highest BCUT2D eigenvalue weighted by Crippen LogP contribution is 2.28. The van der Waals surface area contributed by atoms with Gasteiger partial charge in [-0.3, -0.25) is 19.8 Å². The largest absolute Gasteiger partial charge is 0.444 e. The van der Waals surface area contributed by atoms with Crippen molar-refractivity contribution in [3.8, 4) is 6.07 Å². The van der Waals surface area contributed by atoms with E-state index in [1.807, 2.05) is 0 Å². The van der Waals surface area contributed by atoms with Crippen LogP contribution in [0.3, 0.4) is 0 Å². The lowest BCUT2D eigenvalue weighted by Crippen LogP contribution is -2.50. The van der Waals surface area contributed by atoms with Crippen LogP contribution in [0, 0.1) is 21.4 Å². The van der Waals surface area contributed by atoms with Gasteiger partial charge in [-0.2, -0.15) is 5.26 Å². The van der Waals surface area contributed by atoms with E-state index >= 15 is 0 Å². The van der Waals surface area contributed by atoms with E-state index in [-0.39, 0.29) is 24.2 Å². The molecule has 0 aromatic carbocycles. The van der Waals surface area contributed by atoms with E-state index in [0.717, 1.165) is 12.6 Å². The van der Waals surface area contributed by atoms with Crippen LogP contribution in [0.5, 0.6) is 0 Å². The molecule has 2 saturated heterocycles. The number of carbonyl (C=O) groups is 2. The first kappa shape index (κ1) is 22.3. The molecule has 1 aromatic rings. The smallest absolute Gasteiger partial charge is 0.411 e. The summed E-state index contributed by atoms with van der Waals surface area (Å²) in [6.07, 6.45) is 2.23. The quantitative estimate of drug-likeness (QED) is 0.566. The molecule has 1 aromatic heterocycles. The van der Waals surface area contributed by atoms with Crippen LogP contribution in [0.2, 0.25) is 0 Å². The normalized spacial score (nSPS) is 23.4. The Morgan fingerprint density at radius 3 is 2.68 bits per heavy atom. The molecule has 3 atom stereocenters. The van der Waals surface area contributed by atoms with Crippen molar-refractivity contribution < 1.29 is 19.2 Å². The van der Waals surface area contributed by atoms with Crippen molar-refractivity contribution in [3.05, 3.63) is 28.4 Å². The van der Waals surface area contributed by atoms with Gasteiger partial charge in [0.25, 0.3) is 5.69 Å². The van der Waals surface area contributed by atoms with E-state index in [2.05, 4.69) is 16.4 Å². The van der Waals surface area contributed by atoms with Crippen molar-refractivity contribution in [2.24, 2.45) is 0 Å². The number of aromatic nitrogens is 1. The summed E-state index contributed by atoms with van der Waals surface area (Å²) >= 11 is 0. The molecule has 2 aliphatic heterocycles. The molecule has 0 unspecified atom stereocenters. The summed E-state index contributed by atoms with van der Waals surface area (Å²) in [6.45, 7) is 5.94. The molecule has 3 rings (SSSR count). The number of anilines is 1. The van der Waals surface area contributed by atoms with Gasteiger partial charge in [0.15, 0.2) is 0 Å². The lowest BCUT2D eigenvalue weighted by molar-refractivity contribution is -0.385. The zero-order chi connectivity index (χ0) is 22.8. The Morgan fingerprint density at radius 1 is 1.35 bits per heavy atom. The van der Waals surface area contributed by atoms with Gasteiger partial charge in [-0.25, -0.2) is 9.78 Å². The van der Waals surface area contributed by atoms with Gasteiger partial charge in [0.05, 0.1) is 11.0 Å². The highest BCUT2D eigenvalue weighted by Gasteiger charge is 2.45. The Bertz CT molecular complexity index is 891. The number of rotatable bonds is 4. The van der Waals surface area contributed by atoms with Crippen molar-refractivity contribution in [1.29, 1.82) is 5.26 Å². The fraction of sp³-hybridized carbons (Fsp3) is 0.600. The van der Waals surface area contributed by atoms with Crippen LogP contribution >= 0.6 is 0 Å². The molecule has 3 heterocycles. The van der Waals surface area contributed by atoms with E-state index in [9.17, 15) is 25.0 Å². The first-order chi connectivity index (χ1) is 14.6. The Kier molecular flexibility index (Phi) is 6.29. The van der Waals surface area contributed by atoms with Crippen molar-refractivity contribution in [2.75, 3.05) is 18.4 Å². The number of amides is 2. The van der Waals surface area contributed by atoms with Crippen LogP contribution in [0.1, 0.15) is 40.0 Å². The minimum atomic E-state index is -0.764. The molecule has 1 N–H and O–H groups in total. The highest BCUT2D eigenvalue weighted by molar-refractivity contribution is 5.87. The van der Waals surface area contributed by atoms with E-state index < -0.39 is 28.7 Å². The predicted octanol–water partition coefficient (Wildman–Crippen LogP) is 2.29. The summed E-state index contributed by atoms with van der Waals surface area (Å²) in [5, 5.41) is 23.3. The van der Waals surface area contributed by atoms with Gasteiger partial charge in [0.1, 0.15) is 29.7 Å².